The molecular weight excluding hydrogens is 272 g/mol. The smallest absolute Gasteiger partial charge is 0.241 e. The molecule has 0 spiro atoms. The van der Waals surface area contributed by atoms with E-state index in [1.807, 2.05) is 26.8 Å². The molecule has 3 nitrogen and oxygen atoms in total. The number of benzene rings is 1. The van der Waals surface area contributed by atoms with E-state index >= 15 is 0 Å². The van der Waals surface area contributed by atoms with Crippen molar-refractivity contribution in [2.24, 2.45) is 0 Å². The van der Waals surface area contributed by atoms with Crippen molar-refractivity contribution in [3.05, 3.63) is 29.3 Å². The van der Waals surface area contributed by atoms with Crippen molar-refractivity contribution in [3.63, 3.8) is 0 Å². The average Bonchev–Trinajstić information content (AvgIpc) is 2.45. The summed E-state index contributed by atoms with van der Waals surface area (Å²) >= 11 is 0. The van der Waals surface area contributed by atoms with Crippen LogP contribution >= 0.6 is 0 Å². The Morgan fingerprint density at radius 1 is 1.09 bits per heavy atom. The highest BCUT2D eigenvalue weighted by Crippen LogP contribution is 2.19. The average molecular weight is 302 g/mol. The molecule has 122 valence electrons. The van der Waals surface area contributed by atoms with Crippen LogP contribution in [0.4, 0.5) is 5.69 Å². The molecule has 0 aromatic heterocycles. The maximum Gasteiger partial charge on any atom is 0.241 e. The Labute approximate surface area is 134 Å². The Hall–Kier alpha value is -1.35. The highest BCUT2D eigenvalue weighted by molar-refractivity contribution is 5.95. The molecule has 0 unspecified atom stereocenters. The number of amides is 1. The Morgan fingerprint density at radius 2 is 1.73 bits per heavy atom. The largest absolute Gasteiger partial charge is 0.324 e. The third kappa shape index (κ3) is 5.13. The van der Waals surface area contributed by atoms with Gasteiger partial charge in [0.25, 0.3) is 0 Å². The van der Waals surface area contributed by atoms with E-state index in [0.29, 0.717) is 6.04 Å². The van der Waals surface area contributed by atoms with Crippen LogP contribution in [0, 0.1) is 13.8 Å². The summed E-state index contributed by atoms with van der Waals surface area (Å²) in [5.74, 6) is 0.0655. The zero-order valence-electron chi connectivity index (χ0n) is 14.2. The van der Waals surface area contributed by atoms with Crippen LogP contribution in [0.1, 0.15) is 63.0 Å². The highest BCUT2D eigenvalue weighted by Gasteiger charge is 2.19. The summed E-state index contributed by atoms with van der Waals surface area (Å²) in [6, 6.07) is 6.50. The molecule has 1 aliphatic carbocycles. The van der Waals surface area contributed by atoms with Crippen molar-refractivity contribution < 1.29 is 4.79 Å². The number of carbonyl (C=O) groups is 1. The molecule has 22 heavy (non-hydrogen) atoms. The topological polar surface area (TPSA) is 41.1 Å². The molecule has 0 aliphatic heterocycles. The van der Waals surface area contributed by atoms with Crippen LogP contribution in [0.2, 0.25) is 0 Å². The molecule has 0 saturated heterocycles. The number of nitrogens with one attached hydrogen (secondary N) is 2. The molecule has 0 bridgehead atoms. The lowest BCUT2D eigenvalue weighted by Crippen LogP contribution is -2.44. The van der Waals surface area contributed by atoms with Gasteiger partial charge < -0.3 is 10.6 Å². The summed E-state index contributed by atoms with van der Waals surface area (Å²) in [7, 11) is 0. The van der Waals surface area contributed by atoms with Crippen LogP contribution in [0.5, 0.6) is 0 Å². The van der Waals surface area contributed by atoms with Gasteiger partial charge in [-0.15, -0.1) is 0 Å². The minimum Gasteiger partial charge on any atom is -0.324 e. The Morgan fingerprint density at radius 3 is 2.41 bits per heavy atom. The fourth-order valence-corrected chi connectivity index (χ4v) is 3.16. The number of hydrogen-bond donors (Lipinski definition) is 2. The summed E-state index contributed by atoms with van der Waals surface area (Å²) < 4.78 is 0. The van der Waals surface area contributed by atoms with Crippen LogP contribution in [-0.2, 0) is 4.79 Å². The van der Waals surface area contributed by atoms with E-state index in [1.165, 1.54) is 50.5 Å². The molecule has 0 radical (unpaired) electrons. The molecule has 1 aromatic rings. The zero-order chi connectivity index (χ0) is 15.9. The fraction of sp³-hybridized carbons (Fsp3) is 0.632. The predicted molar refractivity (Wildman–Crippen MR) is 93.3 cm³/mol. The third-order valence-corrected chi connectivity index (χ3v) is 4.64. The van der Waals surface area contributed by atoms with E-state index in [4.69, 9.17) is 0 Å². The molecule has 2 rings (SSSR count). The standard InChI is InChI=1S/C19H30N2O/c1-14-11-12-15(2)18(13-14)21-19(22)16(3)20-17-9-7-5-4-6-8-10-17/h11-13,16-17,20H,4-10H2,1-3H3,(H,21,22)/t16-/m1/s1. The first-order valence-corrected chi connectivity index (χ1v) is 8.70. The predicted octanol–water partition coefficient (Wildman–Crippen LogP) is 4.33. The maximum absolute atomic E-state index is 12.4. The normalized spacial score (nSPS) is 18.3. The van der Waals surface area contributed by atoms with Gasteiger partial charge in [0, 0.05) is 11.7 Å². The first kappa shape index (κ1) is 17.0. The summed E-state index contributed by atoms with van der Waals surface area (Å²) in [5, 5.41) is 6.60. The van der Waals surface area contributed by atoms with E-state index in [-0.39, 0.29) is 11.9 Å². The second-order valence-electron chi connectivity index (χ2n) is 6.74. The van der Waals surface area contributed by atoms with E-state index in [0.717, 1.165) is 11.3 Å². The molecule has 3 heteroatoms. The van der Waals surface area contributed by atoms with Gasteiger partial charge in [-0.3, -0.25) is 4.79 Å². The van der Waals surface area contributed by atoms with Crippen LogP contribution in [0.15, 0.2) is 18.2 Å². The van der Waals surface area contributed by atoms with Crippen molar-refractivity contribution in [1.82, 2.24) is 5.32 Å². The monoisotopic (exact) mass is 302 g/mol. The molecule has 1 fully saturated rings. The molecular formula is C19H30N2O. The number of hydrogen-bond acceptors (Lipinski definition) is 2. The first-order valence-electron chi connectivity index (χ1n) is 8.70. The Bertz CT molecular complexity index is 490. The maximum atomic E-state index is 12.4. The van der Waals surface area contributed by atoms with Gasteiger partial charge in [-0.2, -0.15) is 0 Å². The minimum absolute atomic E-state index is 0.0655. The summed E-state index contributed by atoms with van der Waals surface area (Å²) in [4.78, 5) is 12.4. The van der Waals surface area contributed by atoms with Crippen molar-refractivity contribution in [2.75, 3.05) is 5.32 Å². The van der Waals surface area contributed by atoms with Gasteiger partial charge in [-0.25, -0.2) is 0 Å². The SMILES string of the molecule is Cc1ccc(C)c(NC(=O)[C@@H](C)NC2CCCCCCC2)c1. The van der Waals surface area contributed by atoms with Crippen molar-refractivity contribution >= 4 is 11.6 Å². The number of rotatable bonds is 4. The van der Waals surface area contributed by atoms with Crippen molar-refractivity contribution in [2.45, 2.75) is 77.8 Å². The third-order valence-electron chi connectivity index (χ3n) is 4.64. The van der Waals surface area contributed by atoms with Crippen LogP contribution in [0.25, 0.3) is 0 Å². The van der Waals surface area contributed by atoms with Gasteiger partial charge in [0.05, 0.1) is 6.04 Å². The molecule has 1 atom stereocenters. The minimum atomic E-state index is -0.149. The van der Waals surface area contributed by atoms with E-state index in [2.05, 4.69) is 22.8 Å². The zero-order valence-corrected chi connectivity index (χ0v) is 14.2. The molecule has 2 N–H and O–H groups in total. The van der Waals surface area contributed by atoms with Crippen molar-refractivity contribution in [3.8, 4) is 0 Å². The lowest BCUT2D eigenvalue weighted by molar-refractivity contribution is -0.118. The lowest BCUT2D eigenvalue weighted by atomic mass is 9.96. The summed E-state index contributed by atoms with van der Waals surface area (Å²) in [5.41, 5.74) is 3.20. The van der Waals surface area contributed by atoms with Gasteiger partial charge in [-0.1, -0.05) is 44.2 Å². The van der Waals surface area contributed by atoms with Gasteiger partial charge >= 0.3 is 0 Å². The lowest BCUT2D eigenvalue weighted by Gasteiger charge is -2.25. The number of anilines is 1. The van der Waals surface area contributed by atoms with Crippen LogP contribution < -0.4 is 10.6 Å². The summed E-state index contributed by atoms with van der Waals surface area (Å²) in [6.07, 6.45) is 8.99. The quantitative estimate of drug-likeness (QED) is 0.869. The number of carbonyl (C=O) groups excluding carboxylic acids is 1. The molecule has 1 amide bonds. The molecule has 1 aliphatic rings. The van der Waals surface area contributed by atoms with Crippen molar-refractivity contribution in [1.29, 1.82) is 0 Å². The second kappa shape index (κ2) is 8.33. The van der Waals surface area contributed by atoms with Gasteiger partial charge in [0.1, 0.15) is 0 Å². The second-order valence-corrected chi connectivity index (χ2v) is 6.74. The fourth-order valence-electron chi connectivity index (χ4n) is 3.16. The molecule has 0 heterocycles. The molecule has 1 aromatic carbocycles. The Kier molecular flexibility index (Phi) is 6.44. The number of aryl methyl sites for hydroxylation is 2. The van der Waals surface area contributed by atoms with Crippen LogP contribution in [0.3, 0.4) is 0 Å². The first-order chi connectivity index (χ1) is 10.6. The van der Waals surface area contributed by atoms with E-state index in [9.17, 15) is 4.79 Å². The van der Waals surface area contributed by atoms with E-state index < -0.39 is 0 Å². The Balaban J connectivity index is 1.89. The van der Waals surface area contributed by atoms with E-state index in [1.54, 1.807) is 0 Å². The van der Waals surface area contributed by atoms with Gasteiger partial charge in [0.15, 0.2) is 0 Å². The highest BCUT2D eigenvalue weighted by atomic mass is 16.2. The van der Waals surface area contributed by atoms with Gasteiger partial charge in [0.2, 0.25) is 5.91 Å². The molecule has 1 saturated carbocycles. The summed E-state index contributed by atoms with van der Waals surface area (Å²) in [6.45, 7) is 6.05. The van der Waals surface area contributed by atoms with Crippen LogP contribution in [-0.4, -0.2) is 18.0 Å². The van der Waals surface area contributed by atoms with Gasteiger partial charge in [-0.05, 0) is 50.8 Å².